The molecule has 0 spiro atoms. The van der Waals surface area contributed by atoms with Crippen molar-refractivity contribution in [3.8, 4) is 0 Å². The van der Waals surface area contributed by atoms with Gasteiger partial charge in [0.2, 0.25) is 0 Å². The average Bonchev–Trinajstić information content (AvgIpc) is 3.12. The molecule has 0 unspecified atom stereocenters. The molecule has 2 aliphatic rings. The molecule has 0 amide bonds. The van der Waals surface area contributed by atoms with Crippen LogP contribution in [-0.2, 0) is 0 Å². The van der Waals surface area contributed by atoms with Crippen molar-refractivity contribution in [2.24, 2.45) is 5.92 Å². The molecule has 1 aromatic carbocycles. The maximum absolute atomic E-state index is 9.14. The lowest BCUT2D eigenvalue weighted by atomic mass is 9.81. The molecule has 1 N–H and O–H groups in total. The third-order valence-corrected chi connectivity index (χ3v) is 4.42. The number of hydrogen-bond acceptors (Lipinski definition) is 2. The fourth-order valence-corrected chi connectivity index (χ4v) is 3.10. The highest BCUT2D eigenvalue weighted by molar-refractivity contribution is 5.83. The minimum Gasteiger partial charge on any atom is -0.396 e. The van der Waals surface area contributed by atoms with E-state index in [2.05, 4.69) is 28.9 Å². The zero-order valence-electron chi connectivity index (χ0n) is 10.4. The second kappa shape index (κ2) is 3.82. The van der Waals surface area contributed by atoms with Crippen LogP contribution in [0.5, 0.6) is 0 Å². The molecular formula is C15H18N2O. The first kappa shape index (κ1) is 10.6. The summed E-state index contributed by atoms with van der Waals surface area (Å²) in [6.45, 7) is 0.325. The fraction of sp³-hybridized carbons (Fsp3) is 0.533. The van der Waals surface area contributed by atoms with Crippen molar-refractivity contribution in [3.63, 3.8) is 0 Å². The molecule has 0 saturated heterocycles. The van der Waals surface area contributed by atoms with Crippen LogP contribution in [0.4, 0.5) is 0 Å². The van der Waals surface area contributed by atoms with Crippen LogP contribution < -0.4 is 0 Å². The lowest BCUT2D eigenvalue weighted by Gasteiger charge is -2.34. The minimum absolute atomic E-state index is 0.325. The van der Waals surface area contributed by atoms with Gasteiger partial charge in [0.05, 0.1) is 17.3 Å². The predicted octanol–water partition coefficient (Wildman–Crippen LogP) is 2.86. The molecule has 4 rings (SSSR count). The summed E-state index contributed by atoms with van der Waals surface area (Å²) < 4.78 is 2.22. The van der Waals surface area contributed by atoms with E-state index in [4.69, 9.17) is 10.2 Å². The lowest BCUT2D eigenvalue weighted by molar-refractivity contribution is 0.108. The highest BCUT2D eigenvalue weighted by Crippen LogP contribution is 2.45. The highest BCUT2D eigenvalue weighted by atomic mass is 16.3. The number of rotatable bonds is 3. The molecule has 1 aromatic heterocycles. The van der Waals surface area contributed by atoms with Crippen molar-refractivity contribution in [1.82, 2.24) is 9.78 Å². The number of para-hydroxylation sites is 1. The summed E-state index contributed by atoms with van der Waals surface area (Å²) in [6, 6.07) is 9.09. The van der Waals surface area contributed by atoms with Gasteiger partial charge in [0.15, 0.2) is 0 Å². The molecule has 18 heavy (non-hydrogen) atoms. The van der Waals surface area contributed by atoms with Gasteiger partial charge >= 0.3 is 0 Å². The normalized spacial score (nSPS) is 27.4. The van der Waals surface area contributed by atoms with Gasteiger partial charge < -0.3 is 5.11 Å². The standard InChI is InChI=1S/C15H18N2O/c18-9-10-7-12(8-10)17-14-4-2-1-3-13(14)15(16-17)11-5-6-11/h1-4,10-12,18H,5-9H2/t10-,12-. The van der Waals surface area contributed by atoms with E-state index >= 15 is 0 Å². The van der Waals surface area contributed by atoms with Crippen molar-refractivity contribution in [1.29, 1.82) is 0 Å². The molecule has 94 valence electrons. The number of benzene rings is 1. The van der Waals surface area contributed by atoms with Gasteiger partial charge in [-0.2, -0.15) is 5.10 Å². The van der Waals surface area contributed by atoms with Crippen molar-refractivity contribution in [2.75, 3.05) is 6.61 Å². The second-order valence-corrected chi connectivity index (χ2v) is 5.80. The van der Waals surface area contributed by atoms with E-state index in [1.165, 1.54) is 29.4 Å². The third kappa shape index (κ3) is 1.50. The molecule has 0 aliphatic heterocycles. The fourth-order valence-electron chi connectivity index (χ4n) is 3.10. The molecule has 2 saturated carbocycles. The molecule has 2 fully saturated rings. The van der Waals surface area contributed by atoms with E-state index < -0.39 is 0 Å². The van der Waals surface area contributed by atoms with Gasteiger partial charge in [-0.15, -0.1) is 0 Å². The Bertz CT molecular complexity index is 579. The first-order valence-corrected chi connectivity index (χ1v) is 6.95. The predicted molar refractivity (Wildman–Crippen MR) is 70.6 cm³/mol. The molecule has 2 aliphatic carbocycles. The Morgan fingerprint density at radius 2 is 2.00 bits per heavy atom. The summed E-state index contributed by atoms with van der Waals surface area (Å²) in [5.41, 5.74) is 2.58. The number of fused-ring (bicyclic) bond motifs is 1. The van der Waals surface area contributed by atoms with Gasteiger partial charge in [-0.25, -0.2) is 0 Å². The highest BCUT2D eigenvalue weighted by Gasteiger charge is 2.34. The molecule has 0 radical (unpaired) electrons. The van der Waals surface area contributed by atoms with Gasteiger partial charge in [-0.05, 0) is 37.7 Å². The number of hydrogen-bond donors (Lipinski definition) is 1. The maximum Gasteiger partial charge on any atom is 0.0734 e. The molecule has 2 aromatic rings. The third-order valence-electron chi connectivity index (χ3n) is 4.42. The van der Waals surface area contributed by atoms with Gasteiger partial charge in [0.25, 0.3) is 0 Å². The second-order valence-electron chi connectivity index (χ2n) is 5.80. The largest absolute Gasteiger partial charge is 0.396 e. The average molecular weight is 242 g/mol. The topological polar surface area (TPSA) is 38.0 Å². The van der Waals surface area contributed by atoms with E-state index in [0.717, 1.165) is 12.8 Å². The Kier molecular flexibility index (Phi) is 2.24. The summed E-state index contributed by atoms with van der Waals surface area (Å²) in [5, 5.41) is 15.4. The summed E-state index contributed by atoms with van der Waals surface area (Å²) in [5.74, 6) is 1.19. The van der Waals surface area contributed by atoms with Gasteiger partial charge in [0, 0.05) is 17.9 Å². The van der Waals surface area contributed by atoms with Crippen molar-refractivity contribution in [2.45, 2.75) is 37.6 Å². The molecule has 0 bridgehead atoms. The maximum atomic E-state index is 9.14. The van der Waals surface area contributed by atoms with Crippen LogP contribution in [0.15, 0.2) is 24.3 Å². The van der Waals surface area contributed by atoms with Crippen molar-refractivity contribution < 1.29 is 5.11 Å². The Hall–Kier alpha value is -1.35. The van der Waals surface area contributed by atoms with Gasteiger partial charge in [0.1, 0.15) is 0 Å². The summed E-state index contributed by atoms with van der Waals surface area (Å²) in [7, 11) is 0. The van der Waals surface area contributed by atoms with Crippen LogP contribution in [0.1, 0.15) is 43.3 Å². The van der Waals surface area contributed by atoms with Crippen molar-refractivity contribution >= 4 is 10.9 Å². The van der Waals surface area contributed by atoms with Crippen LogP contribution in [0.2, 0.25) is 0 Å². The monoisotopic (exact) mass is 242 g/mol. The first-order chi connectivity index (χ1) is 8.86. The van der Waals surface area contributed by atoms with Crippen molar-refractivity contribution in [3.05, 3.63) is 30.0 Å². The SMILES string of the molecule is OC[C@H]1C[C@H](n2nc(C3CC3)c3ccccc32)C1. The van der Waals surface area contributed by atoms with Crippen LogP contribution in [0, 0.1) is 5.92 Å². The number of nitrogens with zero attached hydrogens (tertiary/aromatic N) is 2. The summed E-state index contributed by atoms with van der Waals surface area (Å²) >= 11 is 0. The summed E-state index contributed by atoms with van der Waals surface area (Å²) in [4.78, 5) is 0. The van der Waals surface area contributed by atoms with Crippen LogP contribution in [-0.4, -0.2) is 21.5 Å². The Morgan fingerprint density at radius 3 is 2.72 bits per heavy atom. The zero-order valence-corrected chi connectivity index (χ0v) is 10.4. The van der Waals surface area contributed by atoms with E-state index in [1.54, 1.807) is 0 Å². The number of aromatic nitrogens is 2. The van der Waals surface area contributed by atoms with E-state index in [0.29, 0.717) is 24.5 Å². The smallest absolute Gasteiger partial charge is 0.0734 e. The van der Waals surface area contributed by atoms with E-state index in [-0.39, 0.29) is 0 Å². The van der Waals surface area contributed by atoms with Crippen LogP contribution in [0.3, 0.4) is 0 Å². The minimum atomic E-state index is 0.325. The van der Waals surface area contributed by atoms with E-state index in [9.17, 15) is 0 Å². The molecule has 3 nitrogen and oxygen atoms in total. The van der Waals surface area contributed by atoms with Crippen LogP contribution in [0.25, 0.3) is 10.9 Å². The molecule has 1 heterocycles. The quantitative estimate of drug-likeness (QED) is 0.898. The first-order valence-electron chi connectivity index (χ1n) is 6.95. The molecule has 0 atom stereocenters. The Labute approximate surface area is 106 Å². The number of aliphatic hydroxyl groups excluding tert-OH is 1. The Balaban J connectivity index is 1.76. The zero-order chi connectivity index (χ0) is 12.1. The Morgan fingerprint density at radius 1 is 1.22 bits per heavy atom. The van der Waals surface area contributed by atoms with Crippen LogP contribution >= 0.6 is 0 Å². The lowest BCUT2D eigenvalue weighted by Crippen LogP contribution is -2.29. The molecular weight excluding hydrogens is 224 g/mol. The molecule has 3 heteroatoms. The van der Waals surface area contributed by atoms with Gasteiger partial charge in [-0.3, -0.25) is 4.68 Å². The number of aliphatic hydroxyl groups is 1. The summed E-state index contributed by atoms with van der Waals surface area (Å²) in [6.07, 6.45) is 4.74. The van der Waals surface area contributed by atoms with Gasteiger partial charge in [-0.1, -0.05) is 18.2 Å². The van der Waals surface area contributed by atoms with E-state index in [1.807, 2.05) is 0 Å².